The maximum Gasteiger partial charge on any atom is 0.0240 e. The van der Waals surface area contributed by atoms with Crippen molar-refractivity contribution in [3.8, 4) is 0 Å². The van der Waals surface area contributed by atoms with Crippen LogP contribution in [0, 0.1) is 11.3 Å². The molecule has 1 fully saturated rings. The van der Waals surface area contributed by atoms with Gasteiger partial charge in [-0.2, -0.15) is 0 Å². The van der Waals surface area contributed by atoms with Gasteiger partial charge in [-0.3, -0.25) is 4.90 Å². The topological polar surface area (TPSA) is 29.3 Å². The Balaban J connectivity index is 1.68. The molecular weight excluding hydrogens is 232 g/mol. The number of benzene rings is 1. The number of fused-ring (bicyclic) bond motifs is 1. The average Bonchev–Trinajstić information content (AvgIpc) is 2.80. The molecule has 0 bridgehead atoms. The third-order valence-electron chi connectivity index (χ3n) is 5.08. The highest BCUT2D eigenvalue weighted by Crippen LogP contribution is 2.40. The van der Waals surface area contributed by atoms with Gasteiger partial charge in [-0.05, 0) is 41.8 Å². The monoisotopic (exact) mass is 258 g/mol. The molecular formula is C17H26N2. The highest BCUT2D eigenvalue weighted by atomic mass is 15.1. The first kappa shape index (κ1) is 13.1. The summed E-state index contributed by atoms with van der Waals surface area (Å²) in [5.74, 6) is 0.849. The lowest BCUT2D eigenvalue weighted by Gasteiger charge is -2.41. The lowest BCUT2D eigenvalue weighted by molar-refractivity contribution is 0.0871. The molecule has 0 radical (unpaired) electrons. The molecule has 19 heavy (non-hydrogen) atoms. The second-order valence-corrected chi connectivity index (χ2v) is 6.82. The van der Waals surface area contributed by atoms with Crippen molar-refractivity contribution < 1.29 is 0 Å². The summed E-state index contributed by atoms with van der Waals surface area (Å²) in [6.07, 6.45) is 5.39. The minimum absolute atomic E-state index is 0.375. The molecule has 104 valence electrons. The van der Waals surface area contributed by atoms with E-state index in [0.29, 0.717) is 5.41 Å². The van der Waals surface area contributed by atoms with Crippen molar-refractivity contribution in [2.24, 2.45) is 17.1 Å². The molecule has 2 heteroatoms. The molecule has 1 aliphatic heterocycles. The molecule has 2 atom stereocenters. The van der Waals surface area contributed by atoms with Gasteiger partial charge >= 0.3 is 0 Å². The van der Waals surface area contributed by atoms with Gasteiger partial charge < -0.3 is 5.73 Å². The van der Waals surface area contributed by atoms with Crippen LogP contribution in [0.1, 0.15) is 43.7 Å². The van der Waals surface area contributed by atoms with Crippen LogP contribution in [0.2, 0.25) is 0 Å². The largest absolute Gasteiger partial charge is 0.330 e. The molecule has 0 saturated heterocycles. The van der Waals surface area contributed by atoms with E-state index < -0.39 is 0 Å². The van der Waals surface area contributed by atoms with Crippen LogP contribution in [-0.4, -0.2) is 18.0 Å². The molecule has 2 aliphatic rings. The fourth-order valence-corrected chi connectivity index (χ4v) is 4.15. The van der Waals surface area contributed by atoms with Crippen LogP contribution in [0.3, 0.4) is 0 Å². The molecule has 1 aromatic rings. The van der Waals surface area contributed by atoms with Crippen molar-refractivity contribution in [3.63, 3.8) is 0 Å². The Kier molecular flexibility index (Phi) is 3.64. The van der Waals surface area contributed by atoms with E-state index in [4.69, 9.17) is 5.73 Å². The third kappa shape index (κ3) is 2.70. The van der Waals surface area contributed by atoms with Crippen molar-refractivity contribution in [3.05, 3.63) is 35.4 Å². The van der Waals surface area contributed by atoms with Crippen molar-refractivity contribution in [1.82, 2.24) is 4.90 Å². The minimum Gasteiger partial charge on any atom is -0.330 e. The Morgan fingerprint density at radius 1 is 1.26 bits per heavy atom. The number of hydrogen-bond acceptors (Lipinski definition) is 2. The molecule has 3 rings (SSSR count). The predicted molar refractivity (Wildman–Crippen MR) is 79.7 cm³/mol. The number of hydrogen-bond donors (Lipinski definition) is 1. The summed E-state index contributed by atoms with van der Waals surface area (Å²) in [7, 11) is 0. The van der Waals surface area contributed by atoms with E-state index in [1.807, 2.05) is 0 Å². The molecule has 1 aliphatic carbocycles. The second-order valence-electron chi connectivity index (χ2n) is 6.82. The molecule has 1 saturated carbocycles. The molecule has 1 heterocycles. The molecule has 2 N–H and O–H groups in total. The summed E-state index contributed by atoms with van der Waals surface area (Å²) in [6, 6.07) is 8.86. The van der Waals surface area contributed by atoms with Gasteiger partial charge in [0.15, 0.2) is 0 Å². The van der Waals surface area contributed by atoms with Gasteiger partial charge in [-0.1, -0.05) is 44.0 Å². The Bertz CT molecular complexity index is 418. The van der Waals surface area contributed by atoms with Gasteiger partial charge in [0.25, 0.3) is 0 Å². The Hall–Kier alpha value is -0.860. The molecule has 0 aromatic heterocycles. The van der Waals surface area contributed by atoms with Gasteiger partial charge in [0, 0.05) is 19.6 Å². The zero-order valence-corrected chi connectivity index (χ0v) is 12.1. The summed E-state index contributed by atoms with van der Waals surface area (Å²) in [5.41, 5.74) is 9.56. The first-order valence-corrected chi connectivity index (χ1v) is 7.70. The number of rotatable bonds is 3. The van der Waals surface area contributed by atoms with Crippen molar-refractivity contribution >= 4 is 0 Å². The van der Waals surface area contributed by atoms with Gasteiger partial charge in [0.2, 0.25) is 0 Å². The summed E-state index contributed by atoms with van der Waals surface area (Å²) in [6.45, 7) is 6.66. The zero-order chi connectivity index (χ0) is 13.3. The highest BCUT2D eigenvalue weighted by molar-refractivity contribution is 5.30. The Labute approximate surface area is 117 Å². The fraction of sp³-hybridized carbons (Fsp3) is 0.647. The average molecular weight is 258 g/mol. The number of nitrogens with two attached hydrogens (primary N) is 1. The SMILES string of the molecule is CC1CCCC(CN)(CN2Cc3ccccc3C2)C1. The fourth-order valence-electron chi connectivity index (χ4n) is 4.15. The minimum atomic E-state index is 0.375. The second kappa shape index (κ2) is 5.26. The molecule has 0 amide bonds. The maximum absolute atomic E-state index is 6.16. The third-order valence-corrected chi connectivity index (χ3v) is 5.08. The molecule has 2 unspecified atom stereocenters. The molecule has 0 spiro atoms. The van der Waals surface area contributed by atoms with Crippen LogP contribution < -0.4 is 5.73 Å². The summed E-state index contributed by atoms with van der Waals surface area (Å²) >= 11 is 0. The zero-order valence-electron chi connectivity index (χ0n) is 12.1. The van der Waals surface area contributed by atoms with Crippen LogP contribution in [0.5, 0.6) is 0 Å². The first-order valence-electron chi connectivity index (χ1n) is 7.70. The standard InChI is InChI=1S/C17H26N2/c1-14-5-4-8-17(9-14,12-18)13-19-10-15-6-2-3-7-16(15)11-19/h2-3,6-7,14H,4-5,8-13,18H2,1H3. The van der Waals surface area contributed by atoms with Crippen LogP contribution in [0.25, 0.3) is 0 Å². The van der Waals surface area contributed by atoms with Crippen LogP contribution >= 0.6 is 0 Å². The quantitative estimate of drug-likeness (QED) is 0.902. The maximum atomic E-state index is 6.16. The highest BCUT2D eigenvalue weighted by Gasteiger charge is 2.36. The van der Waals surface area contributed by atoms with Gasteiger partial charge in [-0.15, -0.1) is 0 Å². The van der Waals surface area contributed by atoms with E-state index in [2.05, 4.69) is 36.1 Å². The van der Waals surface area contributed by atoms with E-state index in [1.54, 1.807) is 0 Å². The smallest absolute Gasteiger partial charge is 0.0240 e. The van der Waals surface area contributed by atoms with E-state index in [1.165, 1.54) is 43.4 Å². The normalized spacial score (nSPS) is 31.4. The van der Waals surface area contributed by atoms with E-state index in [-0.39, 0.29) is 0 Å². The Morgan fingerprint density at radius 2 is 1.95 bits per heavy atom. The molecule has 2 nitrogen and oxygen atoms in total. The van der Waals surface area contributed by atoms with Gasteiger partial charge in [-0.25, -0.2) is 0 Å². The van der Waals surface area contributed by atoms with Crippen LogP contribution in [0.15, 0.2) is 24.3 Å². The lowest BCUT2D eigenvalue weighted by atomic mass is 9.70. The predicted octanol–water partition coefficient (Wildman–Crippen LogP) is 3.16. The summed E-state index contributed by atoms with van der Waals surface area (Å²) < 4.78 is 0. The van der Waals surface area contributed by atoms with E-state index in [0.717, 1.165) is 25.6 Å². The first-order chi connectivity index (χ1) is 9.21. The number of nitrogens with zero attached hydrogens (tertiary/aromatic N) is 1. The van der Waals surface area contributed by atoms with Crippen LogP contribution in [0.4, 0.5) is 0 Å². The van der Waals surface area contributed by atoms with Crippen molar-refractivity contribution in [2.45, 2.75) is 45.7 Å². The van der Waals surface area contributed by atoms with Gasteiger partial charge in [0.05, 0.1) is 0 Å². The van der Waals surface area contributed by atoms with E-state index >= 15 is 0 Å². The lowest BCUT2D eigenvalue weighted by Crippen LogP contribution is -2.43. The Morgan fingerprint density at radius 3 is 2.53 bits per heavy atom. The van der Waals surface area contributed by atoms with Gasteiger partial charge in [0.1, 0.15) is 0 Å². The summed E-state index contributed by atoms with van der Waals surface area (Å²) in [5, 5.41) is 0. The van der Waals surface area contributed by atoms with E-state index in [9.17, 15) is 0 Å². The summed E-state index contributed by atoms with van der Waals surface area (Å²) in [4.78, 5) is 2.61. The van der Waals surface area contributed by atoms with Crippen molar-refractivity contribution in [1.29, 1.82) is 0 Å². The molecule has 1 aromatic carbocycles. The van der Waals surface area contributed by atoms with Crippen molar-refractivity contribution in [2.75, 3.05) is 13.1 Å². The van der Waals surface area contributed by atoms with Crippen LogP contribution in [-0.2, 0) is 13.1 Å².